The number of halogens is 1. The Hall–Kier alpha value is -2.73. The van der Waals surface area contributed by atoms with E-state index in [4.69, 9.17) is 25.2 Å². The number of amides is 1. The fourth-order valence-electron chi connectivity index (χ4n) is 1.95. The van der Waals surface area contributed by atoms with Crippen LogP contribution in [0, 0.1) is 0 Å². The lowest BCUT2D eigenvalue weighted by Crippen LogP contribution is -2.14. The van der Waals surface area contributed by atoms with E-state index in [0.717, 1.165) is 0 Å². The topological polar surface area (TPSA) is 77.5 Å². The van der Waals surface area contributed by atoms with E-state index in [0.29, 0.717) is 22.2 Å². The van der Waals surface area contributed by atoms with E-state index in [2.05, 4.69) is 10.3 Å². The van der Waals surface area contributed by atoms with E-state index in [1.54, 1.807) is 30.3 Å². The van der Waals surface area contributed by atoms with Crippen molar-refractivity contribution in [2.24, 2.45) is 0 Å². The summed E-state index contributed by atoms with van der Waals surface area (Å²) in [5.41, 5.74) is 0.547. The number of aromatic nitrogens is 1. The van der Waals surface area contributed by atoms with Crippen molar-refractivity contribution in [2.75, 3.05) is 12.4 Å². The molecule has 0 radical (unpaired) electrons. The molecule has 0 atom stereocenters. The highest BCUT2D eigenvalue weighted by Crippen LogP contribution is 2.29. The van der Waals surface area contributed by atoms with Crippen molar-refractivity contribution in [3.8, 4) is 17.3 Å². The maximum absolute atomic E-state index is 12.4. The standard InChI is InChI=1S/C15H11ClN2O4/c1-20-11-5-4-9(16)7-10(11)18-15(19)13-14(22-8-17-13)12-3-2-6-21-12/h2-8H,1H3,(H,18,19). The number of benzene rings is 1. The Bertz CT molecular complexity index is 796. The van der Waals surface area contributed by atoms with Crippen LogP contribution in [0.15, 0.2) is 51.8 Å². The lowest BCUT2D eigenvalue weighted by molar-refractivity contribution is 0.102. The van der Waals surface area contributed by atoms with Gasteiger partial charge in [-0.25, -0.2) is 4.98 Å². The van der Waals surface area contributed by atoms with Crippen molar-refractivity contribution in [2.45, 2.75) is 0 Å². The number of furan rings is 1. The van der Waals surface area contributed by atoms with Gasteiger partial charge >= 0.3 is 0 Å². The number of hydrogen-bond donors (Lipinski definition) is 1. The number of carbonyl (C=O) groups is 1. The monoisotopic (exact) mass is 318 g/mol. The number of nitrogens with one attached hydrogen (secondary N) is 1. The minimum atomic E-state index is -0.458. The number of oxazole rings is 1. The number of ether oxygens (including phenoxy) is 1. The van der Waals surface area contributed by atoms with E-state index < -0.39 is 5.91 Å². The Balaban J connectivity index is 1.90. The molecule has 0 aliphatic heterocycles. The fraction of sp³-hybridized carbons (Fsp3) is 0.0667. The fourth-order valence-corrected chi connectivity index (χ4v) is 2.12. The van der Waals surface area contributed by atoms with Crippen LogP contribution >= 0.6 is 11.6 Å². The number of anilines is 1. The summed E-state index contributed by atoms with van der Waals surface area (Å²) in [6.45, 7) is 0. The second kappa shape index (κ2) is 5.95. The van der Waals surface area contributed by atoms with Crippen molar-refractivity contribution in [1.82, 2.24) is 4.98 Å². The van der Waals surface area contributed by atoms with Gasteiger partial charge < -0.3 is 18.9 Å². The van der Waals surface area contributed by atoms with Gasteiger partial charge in [-0.1, -0.05) is 11.6 Å². The number of rotatable bonds is 4. The highest BCUT2D eigenvalue weighted by Gasteiger charge is 2.21. The van der Waals surface area contributed by atoms with Crippen molar-refractivity contribution in [1.29, 1.82) is 0 Å². The third-order valence-corrected chi connectivity index (χ3v) is 3.17. The molecular formula is C15H11ClN2O4. The molecule has 0 aliphatic carbocycles. The Morgan fingerprint density at radius 1 is 1.32 bits per heavy atom. The third kappa shape index (κ3) is 2.68. The normalized spacial score (nSPS) is 10.5. The number of nitrogens with zero attached hydrogens (tertiary/aromatic N) is 1. The molecule has 0 saturated carbocycles. The molecule has 2 heterocycles. The average Bonchev–Trinajstić information content (AvgIpc) is 3.18. The molecule has 0 fully saturated rings. The van der Waals surface area contributed by atoms with Crippen LogP contribution in [-0.2, 0) is 0 Å². The molecular weight excluding hydrogens is 308 g/mol. The first-order chi connectivity index (χ1) is 10.7. The van der Waals surface area contributed by atoms with Gasteiger partial charge in [0.2, 0.25) is 5.76 Å². The van der Waals surface area contributed by atoms with Gasteiger partial charge in [0.15, 0.2) is 17.8 Å². The summed E-state index contributed by atoms with van der Waals surface area (Å²) in [5, 5.41) is 3.17. The van der Waals surface area contributed by atoms with E-state index in [1.807, 2.05) is 0 Å². The molecule has 3 aromatic rings. The molecule has 7 heteroatoms. The van der Waals surface area contributed by atoms with Gasteiger partial charge in [-0.05, 0) is 30.3 Å². The van der Waals surface area contributed by atoms with Gasteiger partial charge in [-0.3, -0.25) is 4.79 Å². The summed E-state index contributed by atoms with van der Waals surface area (Å²) in [5.74, 6) is 0.700. The van der Waals surface area contributed by atoms with Crippen molar-refractivity contribution < 1.29 is 18.4 Å². The predicted octanol–water partition coefficient (Wildman–Crippen LogP) is 3.85. The molecule has 0 saturated heterocycles. The van der Waals surface area contributed by atoms with Gasteiger partial charge in [0.25, 0.3) is 5.91 Å². The van der Waals surface area contributed by atoms with Crippen LogP contribution in [0.3, 0.4) is 0 Å². The zero-order valence-electron chi connectivity index (χ0n) is 11.5. The smallest absolute Gasteiger partial charge is 0.278 e. The molecule has 0 aliphatic rings. The lowest BCUT2D eigenvalue weighted by atomic mass is 10.2. The van der Waals surface area contributed by atoms with Crippen LogP contribution < -0.4 is 10.1 Å². The van der Waals surface area contributed by atoms with Crippen LogP contribution in [0.5, 0.6) is 5.75 Å². The zero-order chi connectivity index (χ0) is 15.5. The Labute approximate surface area is 130 Å². The lowest BCUT2D eigenvalue weighted by Gasteiger charge is -2.09. The molecule has 22 heavy (non-hydrogen) atoms. The van der Waals surface area contributed by atoms with Crippen molar-refractivity contribution >= 4 is 23.2 Å². The first kappa shape index (κ1) is 14.2. The molecule has 0 bridgehead atoms. The third-order valence-electron chi connectivity index (χ3n) is 2.94. The van der Waals surface area contributed by atoms with E-state index in [-0.39, 0.29) is 11.5 Å². The molecule has 6 nitrogen and oxygen atoms in total. The van der Waals surface area contributed by atoms with Crippen LogP contribution in [0.2, 0.25) is 5.02 Å². The molecule has 3 rings (SSSR count). The molecule has 1 aromatic carbocycles. The number of methoxy groups -OCH3 is 1. The maximum atomic E-state index is 12.4. The zero-order valence-corrected chi connectivity index (χ0v) is 12.3. The second-order valence-corrected chi connectivity index (χ2v) is 4.74. The summed E-state index contributed by atoms with van der Waals surface area (Å²) in [6.07, 6.45) is 2.67. The minimum absolute atomic E-state index is 0.108. The molecule has 2 aromatic heterocycles. The summed E-state index contributed by atoms with van der Waals surface area (Å²) in [4.78, 5) is 16.3. The van der Waals surface area contributed by atoms with Gasteiger partial charge in [0.05, 0.1) is 19.1 Å². The summed E-state index contributed by atoms with van der Waals surface area (Å²) in [6, 6.07) is 8.29. The van der Waals surface area contributed by atoms with Crippen molar-refractivity contribution in [3.63, 3.8) is 0 Å². The quantitative estimate of drug-likeness (QED) is 0.790. The Morgan fingerprint density at radius 3 is 2.91 bits per heavy atom. The van der Waals surface area contributed by atoms with Crippen LogP contribution in [0.4, 0.5) is 5.69 Å². The predicted molar refractivity (Wildman–Crippen MR) is 80.2 cm³/mol. The molecule has 1 amide bonds. The summed E-state index contributed by atoms with van der Waals surface area (Å²) in [7, 11) is 1.50. The van der Waals surface area contributed by atoms with Gasteiger partial charge in [0.1, 0.15) is 5.75 Å². The van der Waals surface area contributed by atoms with Gasteiger partial charge in [0, 0.05) is 5.02 Å². The van der Waals surface area contributed by atoms with E-state index in [1.165, 1.54) is 19.8 Å². The minimum Gasteiger partial charge on any atom is -0.495 e. The van der Waals surface area contributed by atoms with Gasteiger partial charge in [-0.2, -0.15) is 0 Å². The van der Waals surface area contributed by atoms with Crippen LogP contribution in [0.1, 0.15) is 10.5 Å². The van der Waals surface area contributed by atoms with E-state index in [9.17, 15) is 4.79 Å². The number of hydrogen-bond acceptors (Lipinski definition) is 5. The van der Waals surface area contributed by atoms with E-state index >= 15 is 0 Å². The van der Waals surface area contributed by atoms with Gasteiger partial charge in [-0.15, -0.1) is 0 Å². The van der Waals surface area contributed by atoms with Crippen molar-refractivity contribution in [3.05, 3.63) is 53.7 Å². The Morgan fingerprint density at radius 2 is 2.18 bits per heavy atom. The maximum Gasteiger partial charge on any atom is 0.278 e. The Kier molecular flexibility index (Phi) is 3.84. The van der Waals surface area contributed by atoms with Crippen LogP contribution in [-0.4, -0.2) is 18.0 Å². The molecule has 112 valence electrons. The first-order valence-corrected chi connectivity index (χ1v) is 6.69. The SMILES string of the molecule is COc1ccc(Cl)cc1NC(=O)c1ncoc1-c1ccco1. The first-order valence-electron chi connectivity index (χ1n) is 6.31. The highest BCUT2D eigenvalue weighted by molar-refractivity contribution is 6.31. The average molecular weight is 319 g/mol. The molecule has 1 N–H and O–H groups in total. The number of carbonyl (C=O) groups excluding carboxylic acids is 1. The summed E-state index contributed by atoms with van der Waals surface area (Å²) >= 11 is 5.94. The molecule has 0 unspecified atom stereocenters. The summed E-state index contributed by atoms with van der Waals surface area (Å²) < 4.78 is 15.6. The largest absolute Gasteiger partial charge is 0.495 e. The van der Waals surface area contributed by atoms with Crippen LogP contribution in [0.25, 0.3) is 11.5 Å². The second-order valence-electron chi connectivity index (χ2n) is 4.31. The molecule has 0 spiro atoms. The highest BCUT2D eigenvalue weighted by atomic mass is 35.5.